The summed E-state index contributed by atoms with van der Waals surface area (Å²) in [6.07, 6.45) is 4.88. The highest BCUT2D eigenvalue weighted by atomic mass is 35.5. The molecule has 1 aromatic heterocycles. The molecule has 1 N–H and O–H groups in total. The molecule has 2 aliphatic heterocycles. The topological polar surface area (TPSA) is 50.2 Å². The van der Waals surface area contributed by atoms with Gasteiger partial charge in [0.1, 0.15) is 5.69 Å². The third kappa shape index (κ3) is 3.86. The lowest BCUT2D eigenvalue weighted by Crippen LogP contribution is -2.36. The van der Waals surface area contributed by atoms with Crippen LogP contribution in [-0.4, -0.2) is 40.2 Å². The van der Waals surface area contributed by atoms with Gasteiger partial charge in [-0.15, -0.1) is 12.4 Å². The summed E-state index contributed by atoms with van der Waals surface area (Å²) in [6.45, 7) is 3.13. The van der Waals surface area contributed by atoms with E-state index in [2.05, 4.69) is 10.4 Å². The van der Waals surface area contributed by atoms with Crippen LogP contribution in [0.5, 0.6) is 0 Å². The number of nitrogens with one attached hydrogen (secondary N) is 1. The molecular weight excluding hydrogens is 395 g/mol. The number of hydrogen-bond donors (Lipinski definition) is 1. The number of rotatable bonds is 2. The Morgan fingerprint density at radius 1 is 1.31 bits per heavy atom. The summed E-state index contributed by atoms with van der Waals surface area (Å²) < 4.78 is 1.92. The molecule has 1 atom stereocenters. The first-order valence-electron chi connectivity index (χ1n) is 8.64. The maximum absolute atomic E-state index is 12.8. The number of aromatic nitrogens is 2. The second kappa shape index (κ2) is 8.17. The van der Waals surface area contributed by atoms with Crippen LogP contribution in [0, 0.1) is 0 Å². The monoisotopic (exact) mass is 414 g/mol. The largest absolute Gasteiger partial charge is 0.333 e. The highest BCUT2D eigenvalue weighted by molar-refractivity contribution is 6.35. The van der Waals surface area contributed by atoms with Crippen LogP contribution in [0.3, 0.4) is 0 Å². The van der Waals surface area contributed by atoms with E-state index in [0.717, 1.165) is 43.5 Å². The maximum atomic E-state index is 12.8. The lowest BCUT2D eigenvalue weighted by Gasteiger charge is -2.29. The molecule has 1 amide bonds. The van der Waals surface area contributed by atoms with Crippen LogP contribution in [0.2, 0.25) is 10.0 Å². The van der Waals surface area contributed by atoms with Crippen molar-refractivity contribution in [1.82, 2.24) is 20.0 Å². The van der Waals surface area contributed by atoms with Crippen LogP contribution in [0.15, 0.2) is 24.4 Å². The zero-order valence-electron chi connectivity index (χ0n) is 14.3. The third-order valence-corrected chi connectivity index (χ3v) is 5.56. The van der Waals surface area contributed by atoms with Gasteiger partial charge in [-0.3, -0.25) is 9.48 Å². The molecule has 2 aromatic rings. The number of carbonyl (C=O) groups excluding carboxylic acids is 1. The molecule has 140 valence electrons. The first-order chi connectivity index (χ1) is 12.1. The van der Waals surface area contributed by atoms with Gasteiger partial charge in [0.25, 0.3) is 5.91 Å². The minimum Gasteiger partial charge on any atom is -0.333 e. The lowest BCUT2D eigenvalue weighted by atomic mass is 9.99. The predicted molar refractivity (Wildman–Crippen MR) is 106 cm³/mol. The van der Waals surface area contributed by atoms with Gasteiger partial charge in [-0.2, -0.15) is 5.10 Å². The van der Waals surface area contributed by atoms with E-state index >= 15 is 0 Å². The van der Waals surface area contributed by atoms with Crippen LogP contribution in [-0.2, 0) is 13.0 Å². The second-order valence-electron chi connectivity index (χ2n) is 6.68. The van der Waals surface area contributed by atoms with Crippen molar-refractivity contribution in [2.45, 2.75) is 31.8 Å². The SMILES string of the molecule is Cl.O=C(c1ccn(C2CCCNC2)n1)N1CCc2c(Cl)cc(Cl)cc2C1. The van der Waals surface area contributed by atoms with Crippen molar-refractivity contribution in [3.63, 3.8) is 0 Å². The standard InChI is InChI=1S/C18H20Cl2N4O.ClH/c19-13-8-12-11-23(6-3-15(12)16(20)9-13)18(25)17-4-7-24(22-17)14-2-1-5-21-10-14;/h4,7-9,14,21H,1-3,5-6,10-11H2;1H. The van der Waals surface area contributed by atoms with E-state index in [1.165, 1.54) is 0 Å². The number of fused-ring (bicyclic) bond motifs is 1. The van der Waals surface area contributed by atoms with Crippen LogP contribution >= 0.6 is 35.6 Å². The highest BCUT2D eigenvalue weighted by Crippen LogP contribution is 2.30. The van der Waals surface area contributed by atoms with E-state index in [-0.39, 0.29) is 18.3 Å². The molecule has 0 bridgehead atoms. The van der Waals surface area contributed by atoms with Crippen molar-refractivity contribution >= 4 is 41.5 Å². The fraction of sp³-hybridized carbons (Fsp3) is 0.444. The number of nitrogens with zero attached hydrogens (tertiary/aromatic N) is 3. The predicted octanol–water partition coefficient (Wildman–Crippen LogP) is 3.73. The normalized spacial score (nSPS) is 19.6. The number of benzene rings is 1. The quantitative estimate of drug-likeness (QED) is 0.813. The summed E-state index contributed by atoms with van der Waals surface area (Å²) in [5, 5.41) is 9.20. The third-order valence-electron chi connectivity index (χ3n) is 5.01. The Morgan fingerprint density at radius 3 is 2.92 bits per heavy atom. The first-order valence-corrected chi connectivity index (χ1v) is 9.39. The van der Waals surface area contributed by atoms with E-state index in [9.17, 15) is 4.79 Å². The Kier molecular flexibility index (Phi) is 6.13. The van der Waals surface area contributed by atoms with E-state index in [1.807, 2.05) is 27.9 Å². The van der Waals surface area contributed by atoms with Crippen LogP contribution < -0.4 is 5.32 Å². The molecule has 2 aliphatic rings. The van der Waals surface area contributed by atoms with Crippen molar-refractivity contribution < 1.29 is 4.79 Å². The number of hydrogen-bond acceptors (Lipinski definition) is 3. The Morgan fingerprint density at radius 2 is 2.15 bits per heavy atom. The Hall–Kier alpha value is -1.27. The van der Waals surface area contributed by atoms with E-state index in [1.54, 1.807) is 6.07 Å². The molecule has 26 heavy (non-hydrogen) atoms. The Labute approximate surface area is 169 Å². The van der Waals surface area contributed by atoms with Gasteiger partial charge in [0, 0.05) is 35.9 Å². The second-order valence-corrected chi connectivity index (χ2v) is 7.53. The van der Waals surface area contributed by atoms with Gasteiger partial charge in [0.2, 0.25) is 0 Å². The molecule has 8 heteroatoms. The van der Waals surface area contributed by atoms with Crippen molar-refractivity contribution in [2.75, 3.05) is 19.6 Å². The van der Waals surface area contributed by atoms with Crippen LogP contribution in [0.1, 0.15) is 40.5 Å². The van der Waals surface area contributed by atoms with E-state index in [4.69, 9.17) is 23.2 Å². The van der Waals surface area contributed by atoms with Crippen molar-refractivity contribution in [1.29, 1.82) is 0 Å². The average molecular weight is 416 g/mol. The summed E-state index contributed by atoms with van der Waals surface area (Å²) >= 11 is 12.4. The van der Waals surface area contributed by atoms with Gasteiger partial charge in [0.15, 0.2) is 0 Å². The Balaban J connectivity index is 0.00000196. The molecule has 0 saturated carbocycles. The summed E-state index contributed by atoms with van der Waals surface area (Å²) in [5.41, 5.74) is 2.61. The summed E-state index contributed by atoms with van der Waals surface area (Å²) in [5.74, 6) is -0.0377. The minimum atomic E-state index is -0.0377. The highest BCUT2D eigenvalue weighted by Gasteiger charge is 2.26. The zero-order valence-corrected chi connectivity index (χ0v) is 16.6. The fourth-order valence-electron chi connectivity index (χ4n) is 3.66. The van der Waals surface area contributed by atoms with Crippen molar-refractivity contribution in [3.8, 4) is 0 Å². The molecule has 3 heterocycles. The lowest BCUT2D eigenvalue weighted by molar-refractivity contribution is 0.0727. The zero-order chi connectivity index (χ0) is 17.4. The van der Waals surface area contributed by atoms with Gasteiger partial charge in [-0.1, -0.05) is 23.2 Å². The molecule has 1 saturated heterocycles. The molecule has 0 aliphatic carbocycles. The van der Waals surface area contributed by atoms with Crippen molar-refractivity contribution in [3.05, 3.63) is 51.3 Å². The summed E-state index contributed by atoms with van der Waals surface area (Å²) in [6, 6.07) is 5.81. The maximum Gasteiger partial charge on any atom is 0.274 e. The number of carbonyl (C=O) groups is 1. The smallest absolute Gasteiger partial charge is 0.274 e. The molecule has 1 aromatic carbocycles. The summed E-state index contributed by atoms with van der Waals surface area (Å²) in [7, 11) is 0. The number of piperidine rings is 1. The van der Waals surface area contributed by atoms with Gasteiger partial charge < -0.3 is 10.2 Å². The molecule has 4 rings (SSSR count). The molecule has 1 fully saturated rings. The fourth-order valence-corrected chi connectivity index (χ4v) is 4.29. The number of halogens is 3. The van der Waals surface area contributed by atoms with Gasteiger partial charge in [-0.05, 0) is 55.1 Å². The Bertz CT molecular complexity index is 802. The van der Waals surface area contributed by atoms with E-state index in [0.29, 0.717) is 34.9 Å². The van der Waals surface area contributed by atoms with Crippen LogP contribution in [0.25, 0.3) is 0 Å². The molecule has 0 radical (unpaired) electrons. The number of amides is 1. The van der Waals surface area contributed by atoms with Crippen LogP contribution in [0.4, 0.5) is 0 Å². The first kappa shape index (κ1) is 19.5. The van der Waals surface area contributed by atoms with Gasteiger partial charge in [0.05, 0.1) is 6.04 Å². The molecular formula is C18H21Cl3N4O. The molecule has 5 nitrogen and oxygen atoms in total. The van der Waals surface area contributed by atoms with Gasteiger partial charge in [-0.25, -0.2) is 0 Å². The minimum absolute atomic E-state index is 0. The summed E-state index contributed by atoms with van der Waals surface area (Å²) in [4.78, 5) is 14.7. The molecule has 1 unspecified atom stereocenters. The average Bonchev–Trinajstić information content (AvgIpc) is 3.11. The van der Waals surface area contributed by atoms with Crippen molar-refractivity contribution in [2.24, 2.45) is 0 Å². The van der Waals surface area contributed by atoms with Gasteiger partial charge >= 0.3 is 0 Å². The molecule has 0 spiro atoms. The van der Waals surface area contributed by atoms with E-state index < -0.39 is 0 Å².